The second-order valence-corrected chi connectivity index (χ2v) is 5.34. The van der Waals surface area contributed by atoms with Crippen molar-refractivity contribution in [3.05, 3.63) is 65.2 Å². The molecule has 0 aliphatic rings. The molecule has 3 heteroatoms. The Morgan fingerprint density at radius 2 is 1.80 bits per heavy atom. The van der Waals surface area contributed by atoms with Crippen LogP contribution < -0.4 is 5.32 Å². The van der Waals surface area contributed by atoms with Crippen molar-refractivity contribution in [2.75, 3.05) is 6.61 Å². The first-order valence-corrected chi connectivity index (χ1v) is 6.75. The van der Waals surface area contributed by atoms with Crippen molar-refractivity contribution in [3.63, 3.8) is 0 Å². The minimum absolute atomic E-state index is 0.0103. The van der Waals surface area contributed by atoms with Crippen LogP contribution in [-0.4, -0.2) is 16.8 Å². The third-order valence-corrected chi connectivity index (χ3v) is 3.63. The zero-order valence-electron chi connectivity index (χ0n) is 11.9. The van der Waals surface area contributed by atoms with Crippen molar-refractivity contribution in [1.29, 1.82) is 0 Å². The molecule has 2 rings (SSSR count). The minimum Gasteiger partial charge on any atom is -0.508 e. The quantitative estimate of drug-likeness (QED) is 0.783. The first-order chi connectivity index (χ1) is 9.55. The Kier molecular flexibility index (Phi) is 4.42. The summed E-state index contributed by atoms with van der Waals surface area (Å²) in [4.78, 5) is 0. The van der Waals surface area contributed by atoms with Gasteiger partial charge in [-0.3, -0.25) is 0 Å². The molecule has 3 N–H and O–H groups in total. The zero-order chi connectivity index (χ0) is 14.6. The Morgan fingerprint density at radius 3 is 2.45 bits per heavy atom. The van der Waals surface area contributed by atoms with Gasteiger partial charge in [-0.1, -0.05) is 48.0 Å². The van der Waals surface area contributed by atoms with Crippen LogP contribution in [0.15, 0.2) is 48.5 Å². The third kappa shape index (κ3) is 3.18. The molecule has 0 aliphatic carbocycles. The summed E-state index contributed by atoms with van der Waals surface area (Å²) >= 11 is 0. The number of phenolic OH excluding ortho intramolecular Hbond substituents is 1. The van der Waals surface area contributed by atoms with Crippen LogP contribution in [0, 0.1) is 6.92 Å². The van der Waals surface area contributed by atoms with Gasteiger partial charge in [0.2, 0.25) is 0 Å². The summed E-state index contributed by atoms with van der Waals surface area (Å²) in [5.74, 6) is 0.274. The van der Waals surface area contributed by atoms with Crippen molar-refractivity contribution >= 4 is 0 Å². The van der Waals surface area contributed by atoms with Gasteiger partial charge >= 0.3 is 0 Å². The molecule has 1 unspecified atom stereocenters. The van der Waals surface area contributed by atoms with Gasteiger partial charge in [0.15, 0.2) is 0 Å². The van der Waals surface area contributed by atoms with Crippen molar-refractivity contribution in [1.82, 2.24) is 5.32 Å². The molecule has 0 amide bonds. The summed E-state index contributed by atoms with van der Waals surface area (Å²) in [6.45, 7) is 4.43. The van der Waals surface area contributed by atoms with E-state index in [2.05, 4.69) is 5.32 Å². The van der Waals surface area contributed by atoms with E-state index in [1.54, 1.807) is 6.07 Å². The first kappa shape index (κ1) is 14.6. The molecule has 0 spiro atoms. The molecule has 0 saturated carbocycles. The van der Waals surface area contributed by atoms with Crippen molar-refractivity contribution in [2.45, 2.75) is 25.9 Å². The van der Waals surface area contributed by atoms with Crippen molar-refractivity contribution in [2.24, 2.45) is 0 Å². The van der Waals surface area contributed by atoms with Gasteiger partial charge < -0.3 is 15.5 Å². The summed E-state index contributed by atoms with van der Waals surface area (Å²) in [6, 6.07) is 15.4. The number of rotatable bonds is 5. The smallest absolute Gasteiger partial charge is 0.120 e. The van der Waals surface area contributed by atoms with Crippen LogP contribution in [0.25, 0.3) is 0 Å². The van der Waals surface area contributed by atoms with E-state index >= 15 is 0 Å². The summed E-state index contributed by atoms with van der Waals surface area (Å²) in [6.07, 6.45) is 0. The van der Waals surface area contributed by atoms with Crippen LogP contribution in [0.1, 0.15) is 23.6 Å². The van der Waals surface area contributed by atoms with Gasteiger partial charge in [0.05, 0.1) is 12.1 Å². The Morgan fingerprint density at radius 1 is 1.10 bits per heavy atom. The lowest BCUT2D eigenvalue weighted by atomic mass is 9.92. The normalized spacial score (nSPS) is 13.9. The van der Waals surface area contributed by atoms with Crippen molar-refractivity contribution < 1.29 is 10.2 Å². The van der Waals surface area contributed by atoms with E-state index < -0.39 is 5.54 Å². The number of aliphatic hydroxyl groups is 1. The molecule has 3 nitrogen and oxygen atoms in total. The second kappa shape index (κ2) is 6.07. The molecule has 0 fully saturated rings. The number of phenols is 1. The standard InChI is InChI=1S/C17H21NO2/c1-13-8-9-16(20)14(10-13)11-18-17(2,12-19)15-6-4-3-5-7-15/h3-10,18-20H,11-12H2,1-2H3. The van der Waals surface area contributed by atoms with Gasteiger partial charge in [-0.2, -0.15) is 0 Å². The van der Waals surface area contributed by atoms with E-state index in [-0.39, 0.29) is 12.4 Å². The molecule has 0 heterocycles. The fourth-order valence-corrected chi connectivity index (χ4v) is 2.20. The summed E-state index contributed by atoms with van der Waals surface area (Å²) in [5, 5.41) is 22.9. The SMILES string of the molecule is Cc1ccc(O)c(CNC(C)(CO)c2ccccc2)c1. The largest absolute Gasteiger partial charge is 0.508 e. The maximum atomic E-state index is 9.87. The molecule has 20 heavy (non-hydrogen) atoms. The van der Waals surface area contributed by atoms with Crippen LogP contribution in [0.4, 0.5) is 0 Å². The zero-order valence-corrected chi connectivity index (χ0v) is 11.9. The van der Waals surface area contributed by atoms with Gasteiger partial charge in [-0.15, -0.1) is 0 Å². The maximum Gasteiger partial charge on any atom is 0.120 e. The summed E-state index contributed by atoms with van der Waals surface area (Å²) in [5.41, 5.74) is 2.43. The fourth-order valence-electron chi connectivity index (χ4n) is 2.20. The number of aryl methyl sites for hydroxylation is 1. The Balaban J connectivity index is 2.17. The summed E-state index contributed by atoms with van der Waals surface area (Å²) in [7, 11) is 0. The van der Waals surface area contributed by atoms with E-state index in [0.717, 1.165) is 16.7 Å². The van der Waals surface area contributed by atoms with Gasteiger partial charge in [0.1, 0.15) is 5.75 Å². The van der Waals surface area contributed by atoms with Gasteiger partial charge in [-0.25, -0.2) is 0 Å². The van der Waals surface area contributed by atoms with E-state index in [0.29, 0.717) is 6.54 Å². The Hall–Kier alpha value is -1.84. The van der Waals surface area contributed by atoms with E-state index in [4.69, 9.17) is 0 Å². The van der Waals surface area contributed by atoms with E-state index in [1.165, 1.54) is 0 Å². The number of benzene rings is 2. The highest BCUT2D eigenvalue weighted by molar-refractivity contribution is 5.36. The van der Waals surface area contributed by atoms with Crippen LogP contribution >= 0.6 is 0 Å². The average Bonchev–Trinajstić information content (AvgIpc) is 2.49. The molecule has 0 aliphatic heterocycles. The predicted molar refractivity (Wildman–Crippen MR) is 80.6 cm³/mol. The average molecular weight is 271 g/mol. The molecule has 0 bridgehead atoms. The monoisotopic (exact) mass is 271 g/mol. The highest BCUT2D eigenvalue weighted by Gasteiger charge is 2.25. The molecule has 0 saturated heterocycles. The number of hydrogen-bond acceptors (Lipinski definition) is 3. The van der Waals surface area contributed by atoms with Crippen LogP contribution in [0.3, 0.4) is 0 Å². The minimum atomic E-state index is -0.530. The number of aliphatic hydroxyl groups excluding tert-OH is 1. The lowest BCUT2D eigenvalue weighted by Gasteiger charge is -2.29. The number of hydrogen-bond donors (Lipinski definition) is 3. The molecule has 0 aromatic heterocycles. The maximum absolute atomic E-state index is 9.87. The van der Waals surface area contributed by atoms with Gasteiger partial charge in [0, 0.05) is 12.1 Å². The lowest BCUT2D eigenvalue weighted by molar-refractivity contribution is 0.173. The molecule has 2 aromatic rings. The number of nitrogens with one attached hydrogen (secondary N) is 1. The third-order valence-electron chi connectivity index (χ3n) is 3.63. The molecule has 1 atom stereocenters. The summed E-state index contributed by atoms with van der Waals surface area (Å²) < 4.78 is 0. The molecule has 2 aromatic carbocycles. The van der Waals surface area contributed by atoms with Crippen molar-refractivity contribution in [3.8, 4) is 5.75 Å². The van der Waals surface area contributed by atoms with E-state index in [1.807, 2.05) is 56.3 Å². The van der Waals surface area contributed by atoms with E-state index in [9.17, 15) is 10.2 Å². The van der Waals surface area contributed by atoms with Gasteiger partial charge in [0.25, 0.3) is 0 Å². The van der Waals surface area contributed by atoms with Crippen LogP contribution in [-0.2, 0) is 12.1 Å². The second-order valence-electron chi connectivity index (χ2n) is 5.34. The highest BCUT2D eigenvalue weighted by Crippen LogP contribution is 2.23. The molecule has 106 valence electrons. The molecular formula is C17H21NO2. The predicted octanol–water partition coefficient (Wildman–Crippen LogP) is 2.70. The highest BCUT2D eigenvalue weighted by atomic mass is 16.3. The topological polar surface area (TPSA) is 52.5 Å². The Bertz CT molecular complexity index is 568. The lowest BCUT2D eigenvalue weighted by Crippen LogP contribution is -2.42. The first-order valence-electron chi connectivity index (χ1n) is 6.75. The fraction of sp³-hybridized carbons (Fsp3) is 0.294. The number of aromatic hydroxyl groups is 1. The molecule has 0 radical (unpaired) electrons. The van der Waals surface area contributed by atoms with Crippen LogP contribution in [0.5, 0.6) is 5.75 Å². The van der Waals surface area contributed by atoms with Gasteiger partial charge in [-0.05, 0) is 25.5 Å². The van der Waals surface area contributed by atoms with Crippen LogP contribution in [0.2, 0.25) is 0 Å². The Labute approximate surface area is 119 Å². The molecular weight excluding hydrogens is 250 g/mol.